The third-order valence-electron chi connectivity index (χ3n) is 2.17. The van der Waals surface area contributed by atoms with Crippen LogP contribution >= 0.6 is 0 Å². The molecule has 0 aromatic carbocycles. The van der Waals surface area contributed by atoms with Gasteiger partial charge in [-0.15, -0.1) is 0 Å². The highest BCUT2D eigenvalue weighted by Crippen LogP contribution is 2.22. The van der Waals surface area contributed by atoms with E-state index in [0.29, 0.717) is 11.7 Å². The van der Waals surface area contributed by atoms with Crippen LogP contribution in [0.25, 0.3) is 0 Å². The van der Waals surface area contributed by atoms with Crippen LogP contribution < -0.4 is 0 Å². The lowest BCUT2D eigenvalue weighted by Crippen LogP contribution is -2.23. The summed E-state index contributed by atoms with van der Waals surface area (Å²) in [5, 5.41) is 1.78. The quantitative estimate of drug-likeness (QED) is 0.569. The second-order valence-electron chi connectivity index (χ2n) is 3.14. The monoisotopic (exact) mass is 157 g/mol. The molecule has 1 aliphatic rings. The molecule has 1 aliphatic carbocycles. The van der Waals surface area contributed by atoms with E-state index in [1.165, 1.54) is 0 Å². The molecule has 0 saturated heterocycles. The first-order chi connectivity index (χ1) is 5.22. The Morgan fingerprint density at radius 1 is 1.73 bits per heavy atom. The average Bonchev–Trinajstić information content (AvgIpc) is 2.35. The van der Waals surface area contributed by atoms with Crippen molar-refractivity contribution < 1.29 is 9.63 Å². The molecule has 11 heavy (non-hydrogen) atoms. The van der Waals surface area contributed by atoms with Crippen molar-refractivity contribution >= 4 is 5.78 Å². The third kappa shape index (κ3) is 2.60. The predicted octanol–water partition coefficient (Wildman–Crippen LogP) is 0.849. The Kier molecular flexibility index (Phi) is 3.02. The molecule has 1 fully saturated rings. The summed E-state index contributed by atoms with van der Waals surface area (Å²) in [6.07, 6.45) is 2.54. The Morgan fingerprint density at radius 3 is 2.91 bits per heavy atom. The van der Waals surface area contributed by atoms with E-state index in [1.54, 1.807) is 12.2 Å². The number of carbonyl (C=O) groups excluding carboxylic acids is 1. The van der Waals surface area contributed by atoms with Crippen LogP contribution in [-0.4, -0.2) is 31.5 Å². The van der Waals surface area contributed by atoms with E-state index in [1.807, 2.05) is 7.05 Å². The lowest BCUT2D eigenvalue weighted by atomic mass is 10.1. The minimum absolute atomic E-state index is 0.402. The van der Waals surface area contributed by atoms with Gasteiger partial charge in [0, 0.05) is 26.4 Å². The number of nitrogens with zero attached hydrogens (tertiary/aromatic N) is 1. The van der Waals surface area contributed by atoms with Gasteiger partial charge in [0.05, 0.1) is 7.11 Å². The SMILES string of the molecule is CON(C)CC1CCC(=O)C1. The van der Waals surface area contributed by atoms with Crippen LogP contribution in [0.4, 0.5) is 0 Å². The first-order valence-corrected chi connectivity index (χ1v) is 3.99. The zero-order valence-electron chi connectivity index (χ0n) is 7.17. The molecule has 0 amide bonds. The Balaban J connectivity index is 2.22. The number of rotatable bonds is 3. The van der Waals surface area contributed by atoms with E-state index in [9.17, 15) is 4.79 Å². The molecule has 3 heteroatoms. The van der Waals surface area contributed by atoms with E-state index in [0.717, 1.165) is 25.8 Å². The summed E-state index contributed by atoms with van der Waals surface area (Å²) in [5.74, 6) is 0.923. The molecule has 0 aromatic heterocycles. The van der Waals surface area contributed by atoms with Gasteiger partial charge in [0.15, 0.2) is 0 Å². The molecule has 3 nitrogen and oxygen atoms in total. The van der Waals surface area contributed by atoms with Gasteiger partial charge in [-0.1, -0.05) is 0 Å². The topological polar surface area (TPSA) is 29.5 Å². The Hall–Kier alpha value is -0.410. The Labute approximate surface area is 67.3 Å². The number of Topliss-reactive ketones (excluding diaryl/α,β-unsaturated/α-hetero) is 1. The minimum Gasteiger partial charge on any atom is -0.303 e. The molecule has 64 valence electrons. The van der Waals surface area contributed by atoms with Crippen molar-refractivity contribution in [1.82, 2.24) is 5.06 Å². The number of carbonyl (C=O) groups is 1. The summed E-state index contributed by atoms with van der Waals surface area (Å²) in [7, 11) is 3.54. The molecular weight excluding hydrogens is 142 g/mol. The van der Waals surface area contributed by atoms with Crippen LogP contribution in [0.15, 0.2) is 0 Å². The highest BCUT2D eigenvalue weighted by atomic mass is 16.7. The zero-order chi connectivity index (χ0) is 8.27. The molecule has 0 aliphatic heterocycles. The van der Waals surface area contributed by atoms with Crippen molar-refractivity contribution in [3.05, 3.63) is 0 Å². The summed E-state index contributed by atoms with van der Waals surface area (Å²) in [6, 6.07) is 0. The normalized spacial score (nSPS) is 25.0. The van der Waals surface area contributed by atoms with Gasteiger partial charge in [-0.05, 0) is 12.3 Å². The smallest absolute Gasteiger partial charge is 0.133 e. The van der Waals surface area contributed by atoms with Crippen molar-refractivity contribution in [2.45, 2.75) is 19.3 Å². The second-order valence-corrected chi connectivity index (χ2v) is 3.14. The highest BCUT2D eigenvalue weighted by Gasteiger charge is 2.22. The van der Waals surface area contributed by atoms with E-state index >= 15 is 0 Å². The maximum absolute atomic E-state index is 10.9. The maximum Gasteiger partial charge on any atom is 0.133 e. The van der Waals surface area contributed by atoms with Crippen LogP contribution in [0, 0.1) is 5.92 Å². The minimum atomic E-state index is 0.402. The van der Waals surface area contributed by atoms with Crippen molar-refractivity contribution in [1.29, 1.82) is 0 Å². The lowest BCUT2D eigenvalue weighted by molar-refractivity contribution is -0.122. The average molecular weight is 157 g/mol. The second kappa shape index (κ2) is 3.83. The molecule has 0 bridgehead atoms. The van der Waals surface area contributed by atoms with Gasteiger partial charge in [-0.25, -0.2) is 0 Å². The Morgan fingerprint density at radius 2 is 2.45 bits per heavy atom. The summed E-state index contributed by atoms with van der Waals surface area (Å²) in [5.41, 5.74) is 0. The summed E-state index contributed by atoms with van der Waals surface area (Å²) < 4.78 is 0. The van der Waals surface area contributed by atoms with Crippen molar-refractivity contribution in [2.75, 3.05) is 20.7 Å². The molecule has 1 unspecified atom stereocenters. The largest absolute Gasteiger partial charge is 0.303 e. The highest BCUT2D eigenvalue weighted by molar-refractivity contribution is 5.80. The molecule has 1 rings (SSSR count). The fourth-order valence-corrected chi connectivity index (χ4v) is 1.49. The van der Waals surface area contributed by atoms with Gasteiger partial charge >= 0.3 is 0 Å². The van der Waals surface area contributed by atoms with Gasteiger partial charge in [-0.3, -0.25) is 4.79 Å². The van der Waals surface area contributed by atoms with Crippen LogP contribution in [0.5, 0.6) is 0 Å². The fraction of sp³-hybridized carbons (Fsp3) is 0.875. The molecule has 1 atom stereocenters. The standard InChI is InChI=1S/C8H15NO2/c1-9(11-2)6-7-3-4-8(10)5-7/h7H,3-6H2,1-2H3. The van der Waals surface area contributed by atoms with Crippen molar-refractivity contribution in [3.63, 3.8) is 0 Å². The summed E-state index contributed by atoms with van der Waals surface area (Å²) in [4.78, 5) is 15.8. The molecule has 1 saturated carbocycles. The molecular formula is C8H15NO2. The Bertz CT molecular complexity index is 147. The van der Waals surface area contributed by atoms with Crippen LogP contribution in [0.3, 0.4) is 0 Å². The molecule has 0 radical (unpaired) electrons. The number of hydrogen-bond acceptors (Lipinski definition) is 3. The van der Waals surface area contributed by atoms with Gasteiger partial charge < -0.3 is 4.84 Å². The number of hydroxylamine groups is 2. The first kappa shape index (κ1) is 8.68. The van der Waals surface area contributed by atoms with Crippen LogP contribution in [0.1, 0.15) is 19.3 Å². The summed E-state index contributed by atoms with van der Waals surface area (Å²) >= 11 is 0. The lowest BCUT2D eigenvalue weighted by Gasteiger charge is -2.16. The molecule has 0 aromatic rings. The fourth-order valence-electron chi connectivity index (χ4n) is 1.49. The van der Waals surface area contributed by atoms with E-state index in [4.69, 9.17) is 4.84 Å². The predicted molar refractivity (Wildman–Crippen MR) is 42.0 cm³/mol. The van der Waals surface area contributed by atoms with Crippen LogP contribution in [-0.2, 0) is 9.63 Å². The van der Waals surface area contributed by atoms with Crippen molar-refractivity contribution in [2.24, 2.45) is 5.92 Å². The van der Waals surface area contributed by atoms with Crippen molar-refractivity contribution in [3.8, 4) is 0 Å². The van der Waals surface area contributed by atoms with Gasteiger partial charge in [0.2, 0.25) is 0 Å². The molecule has 0 heterocycles. The molecule has 0 N–H and O–H groups in total. The van der Waals surface area contributed by atoms with E-state index in [-0.39, 0.29) is 0 Å². The van der Waals surface area contributed by atoms with Gasteiger partial charge in [-0.2, -0.15) is 5.06 Å². The van der Waals surface area contributed by atoms with Gasteiger partial charge in [0.25, 0.3) is 0 Å². The molecule has 0 spiro atoms. The first-order valence-electron chi connectivity index (χ1n) is 3.99. The van der Waals surface area contributed by atoms with Crippen LogP contribution in [0.2, 0.25) is 0 Å². The van der Waals surface area contributed by atoms with Gasteiger partial charge in [0.1, 0.15) is 5.78 Å². The van der Waals surface area contributed by atoms with E-state index in [2.05, 4.69) is 0 Å². The maximum atomic E-state index is 10.9. The third-order valence-corrected chi connectivity index (χ3v) is 2.17. The zero-order valence-corrected chi connectivity index (χ0v) is 7.17. The number of ketones is 1. The number of hydrogen-bond donors (Lipinski definition) is 0. The summed E-state index contributed by atoms with van der Waals surface area (Å²) in [6.45, 7) is 0.877. The van der Waals surface area contributed by atoms with E-state index < -0.39 is 0 Å².